The number of nitrogens with two attached hydrogens (primary N) is 1. The molecule has 0 aliphatic rings. The van der Waals surface area contributed by atoms with Crippen LogP contribution in [0.15, 0.2) is 18.2 Å². The maximum Gasteiger partial charge on any atom is 0.312 e. The fourth-order valence-corrected chi connectivity index (χ4v) is 1.40. The molecule has 82 valence electrons. The van der Waals surface area contributed by atoms with E-state index in [1.165, 1.54) is 12.1 Å². The summed E-state index contributed by atoms with van der Waals surface area (Å²) in [4.78, 5) is 10.8. The lowest BCUT2D eigenvalue weighted by Crippen LogP contribution is -2.22. The van der Waals surface area contributed by atoms with E-state index in [9.17, 15) is 13.6 Å². The summed E-state index contributed by atoms with van der Waals surface area (Å²) in [6, 6.07) is 3.81. The van der Waals surface area contributed by atoms with Crippen LogP contribution in [0.5, 0.6) is 0 Å². The Labute approximate surface area is 85.5 Å². The lowest BCUT2D eigenvalue weighted by atomic mass is 9.94. The van der Waals surface area contributed by atoms with Crippen molar-refractivity contribution in [1.82, 2.24) is 0 Å². The second-order valence-corrected chi connectivity index (χ2v) is 3.07. The van der Waals surface area contributed by atoms with Gasteiger partial charge in [-0.2, -0.15) is 0 Å². The van der Waals surface area contributed by atoms with Crippen molar-refractivity contribution in [3.05, 3.63) is 35.1 Å². The Kier molecular flexibility index (Phi) is 3.74. The van der Waals surface area contributed by atoms with Crippen LogP contribution in [0.1, 0.15) is 17.0 Å². The molecule has 0 radical (unpaired) electrons. The zero-order chi connectivity index (χ0) is 11.4. The second kappa shape index (κ2) is 4.84. The molecule has 0 amide bonds. The van der Waals surface area contributed by atoms with E-state index in [0.717, 1.165) is 6.07 Å². The minimum Gasteiger partial charge on any atom is -0.481 e. The summed E-state index contributed by atoms with van der Waals surface area (Å²) >= 11 is 0. The number of carboxylic acid groups (broad SMARTS) is 1. The third-order valence-corrected chi connectivity index (χ3v) is 2.20. The third kappa shape index (κ3) is 2.30. The van der Waals surface area contributed by atoms with Crippen LogP contribution in [0.25, 0.3) is 0 Å². The van der Waals surface area contributed by atoms with Crippen LogP contribution in [-0.4, -0.2) is 17.6 Å². The Morgan fingerprint density at radius 1 is 1.53 bits per heavy atom. The first-order chi connectivity index (χ1) is 7.11. The molecule has 15 heavy (non-hydrogen) atoms. The molecule has 0 aliphatic heterocycles. The van der Waals surface area contributed by atoms with E-state index in [1.54, 1.807) is 0 Å². The summed E-state index contributed by atoms with van der Waals surface area (Å²) in [5.74, 6) is -2.99. The molecular weight excluding hydrogens is 204 g/mol. The van der Waals surface area contributed by atoms with Crippen molar-refractivity contribution in [2.45, 2.75) is 12.6 Å². The van der Waals surface area contributed by atoms with Crippen molar-refractivity contribution in [3.8, 4) is 0 Å². The van der Waals surface area contributed by atoms with Gasteiger partial charge in [0.25, 0.3) is 0 Å². The molecule has 0 aliphatic carbocycles. The maximum atomic E-state index is 13.1. The quantitative estimate of drug-likeness (QED) is 0.798. The van der Waals surface area contributed by atoms with Crippen LogP contribution in [-0.2, 0) is 11.5 Å². The number of hydrogen-bond acceptors (Lipinski definition) is 2. The number of benzene rings is 1. The summed E-state index contributed by atoms with van der Waals surface area (Å²) < 4.78 is 25.7. The van der Waals surface area contributed by atoms with Crippen LogP contribution in [0.2, 0.25) is 0 Å². The largest absolute Gasteiger partial charge is 0.481 e. The van der Waals surface area contributed by atoms with Crippen LogP contribution in [0.4, 0.5) is 8.78 Å². The molecule has 0 aromatic heterocycles. The zero-order valence-corrected chi connectivity index (χ0v) is 7.91. The van der Waals surface area contributed by atoms with Gasteiger partial charge in [0, 0.05) is 12.1 Å². The van der Waals surface area contributed by atoms with E-state index >= 15 is 0 Å². The van der Waals surface area contributed by atoms with E-state index in [-0.39, 0.29) is 17.7 Å². The topological polar surface area (TPSA) is 63.3 Å². The molecule has 0 bridgehead atoms. The number of hydrogen-bond donors (Lipinski definition) is 2. The van der Waals surface area contributed by atoms with Crippen molar-refractivity contribution in [3.63, 3.8) is 0 Å². The maximum absolute atomic E-state index is 13.1. The molecule has 0 saturated heterocycles. The molecule has 1 aromatic carbocycles. The highest BCUT2D eigenvalue weighted by Gasteiger charge is 2.22. The van der Waals surface area contributed by atoms with Gasteiger partial charge in [-0.05, 0) is 11.6 Å². The molecule has 5 heteroatoms. The van der Waals surface area contributed by atoms with Crippen LogP contribution < -0.4 is 5.73 Å². The number of carboxylic acids is 1. The molecule has 1 aromatic rings. The molecule has 0 saturated carbocycles. The van der Waals surface area contributed by atoms with Crippen molar-refractivity contribution in [1.29, 1.82) is 0 Å². The zero-order valence-electron chi connectivity index (χ0n) is 7.91. The summed E-state index contributed by atoms with van der Waals surface area (Å²) in [7, 11) is 0. The van der Waals surface area contributed by atoms with Gasteiger partial charge in [0.15, 0.2) is 0 Å². The Hall–Kier alpha value is -1.49. The van der Waals surface area contributed by atoms with E-state index in [0.29, 0.717) is 0 Å². The highest BCUT2D eigenvalue weighted by Crippen LogP contribution is 2.23. The fourth-order valence-electron chi connectivity index (χ4n) is 1.40. The average Bonchev–Trinajstić information content (AvgIpc) is 2.18. The number of aliphatic carboxylic acids is 1. The monoisotopic (exact) mass is 215 g/mol. The number of halogens is 2. The van der Waals surface area contributed by atoms with E-state index in [4.69, 9.17) is 10.8 Å². The first kappa shape index (κ1) is 11.6. The van der Waals surface area contributed by atoms with Gasteiger partial charge in [-0.25, -0.2) is 8.78 Å². The molecule has 1 atom stereocenters. The molecular formula is C10H11F2NO2. The fraction of sp³-hybridized carbons (Fsp3) is 0.300. The SMILES string of the molecule is NCC(C(=O)O)c1cccc(F)c1CF. The molecule has 0 heterocycles. The van der Waals surface area contributed by atoms with Gasteiger partial charge in [-0.3, -0.25) is 4.79 Å². The Bertz CT molecular complexity index is 368. The Morgan fingerprint density at radius 3 is 2.67 bits per heavy atom. The predicted molar refractivity (Wildman–Crippen MR) is 50.6 cm³/mol. The predicted octanol–water partition coefficient (Wildman–Crippen LogP) is 1.42. The molecule has 1 unspecified atom stereocenters. The number of carbonyl (C=O) groups is 1. The summed E-state index contributed by atoms with van der Waals surface area (Å²) in [5.41, 5.74) is 5.13. The Morgan fingerprint density at radius 2 is 2.20 bits per heavy atom. The lowest BCUT2D eigenvalue weighted by Gasteiger charge is -2.13. The van der Waals surface area contributed by atoms with E-state index in [1.807, 2.05) is 0 Å². The average molecular weight is 215 g/mol. The van der Waals surface area contributed by atoms with E-state index < -0.39 is 24.4 Å². The molecule has 0 fully saturated rings. The highest BCUT2D eigenvalue weighted by molar-refractivity contribution is 5.77. The number of alkyl halides is 1. The van der Waals surface area contributed by atoms with Crippen LogP contribution in [0.3, 0.4) is 0 Å². The van der Waals surface area contributed by atoms with Gasteiger partial charge >= 0.3 is 5.97 Å². The summed E-state index contributed by atoms with van der Waals surface area (Å²) in [6.45, 7) is -1.22. The molecule has 3 N–H and O–H groups in total. The standard InChI is InChI=1S/C10H11F2NO2/c11-4-7-6(2-1-3-9(7)12)8(5-13)10(14)15/h1-3,8H,4-5,13H2,(H,14,15). The second-order valence-electron chi connectivity index (χ2n) is 3.07. The van der Waals surface area contributed by atoms with Crippen molar-refractivity contribution < 1.29 is 18.7 Å². The van der Waals surface area contributed by atoms with Gasteiger partial charge < -0.3 is 10.8 Å². The van der Waals surface area contributed by atoms with Crippen LogP contribution >= 0.6 is 0 Å². The van der Waals surface area contributed by atoms with Gasteiger partial charge in [0.1, 0.15) is 12.5 Å². The van der Waals surface area contributed by atoms with Crippen LogP contribution in [0, 0.1) is 5.82 Å². The molecule has 3 nitrogen and oxygen atoms in total. The van der Waals surface area contributed by atoms with Gasteiger partial charge in [0.05, 0.1) is 5.92 Å². The van der Waals surface area contributed by atoms with Crippen molar-refractivity contribution in [2.24, 2.45) is 5.73 Å². The molecule has 0 spiro atoms. The summed E-state index contributed by atoms with van der Waals surface area (Å²) in [6.07, 6.45) is 0. The van der Waals surface area contributed by atoms with Crippen molar-refractivity contribution >= 4 is 5.97 Å². The first-order valence-electron chi connectivity index (χ1n) is 4.38. The van der Waals surface area contributed by atoms with Gasteiger partial charge in [-0.15, -0.1) is 0 Å². The smallest absolute Gasteiger partial charge is 0.312 e. The normalized spacial score (nSPS) is 12.5. The minimum atomic E-state index is -1.18. The van der Waals surface area contributed by atoms with E-state index in [2.05, 4.69) is 0 Å². The Balaban J connectivity index is 3.22. The summed E-state index contributed by atoms with van der Waals surface area (Å²) in [5, 5.41) is 8.81. The first-order valence-corrected chi connectivity index (χ1v) is 4.38. The number of rotatable bonds is 4. The molecule has 1 rings (SSSR count). The minimum absolute atomic E-state index is 0.104. The van der Waals surface area contributed by atoms with Crippen molar-refractivity contribution in [2.75, 3.05) is 6.54 Å². The lowest BCUT2D eigenvalue weighted by molar-refractivity contribution is -0.138. The van der Waals surface area contributed by atoms with Gasteiger partial charge in [-0.1, -0.05) is 12.1 Å². The van der Waals surface area contributed by atoms with Gasteiger partial charge in [0.2, 0.25) is 0 Å². The third-order valence-electron chi connectivity index (χ3n) is 2.20. The highest BCUT2D eigenvalue weighted by atomic mass is 19.1.